The van der Waals surface area contributed by atoms with Crippen LogP contribution in [0.15, 0.2) is 0 Å². The molecule has 0 aliphatic heterocycles. The van der Waals surface area contributed by atoms with Gasteiger partial charge >= 0.3 is 0 Å². The zero-order chi connectivity index (χ0) is 3.58. The third-order valence-corrected chi connectivity index (χ3v) is 0. The van der Waals surface area contributed by atoms with Gasteiger partial charge in [0.05, 0.1) is 0 Å². The summed E-state index contributed by atoms with van der Waals surface area (Å²) in [5.41, 5.74) is 0. The zero-order valence-electron chi connectivity index (χ0n) is 2.12. The molecule has 0 unspecified atom stereocenters. The van der Waals surface area contributed by atoms with Crippen molar-refractivity contribution in [3.8, 4) is 0 Å². The van der Waals surface area contributed by atoms with Gasteiger partial charge in [0.25, 0.3) is 0 Å². The van der Waals surface area contributed by atoms with E-state index in [1.807, 2.05) is 0 Å². The van der Waals surface area contributed by atoms with Crippen LogP contribution in [0.25, 0.3) is 0 Å². The molecule has 0 amide bonds. The molecular formula is O3PV-3. The van der Waals surface area contributed by atoms with Crippen molar-refractivity contribution in [3.63, 3.8) is 0 Å². The van der Waals surface area contributed by atoms with E-state index in [2.05, 4.69) is 0 Å². The largest absolute Gasteiger partial charge is 0.854 e. The van der Waals surface area contributed by atoms with Gasteiger partial charge in [-0.05, 0) is 0 Å². The Morgan fingerprint density at radius 2 is 1.00 bits per heavy atom. The van der Waals surface area contributed by atoms with Crippen molar-refractivity contribution in [1.29, 1.82) is 0 Å². The Kier molecular flexibility index (Phi) is 9.11. The number of hydrogen-bond donors (Lipinski definition) is 0. The van der Waals surface area contributed by atoms with Gasteiger partial charge < -0.3 is 23.3 Å². The normalized spacial score (nSPS) is 7.20. The zero-order valence-corrected chi connectivity index (χ0v) is 4.41. The van der Waals surface area contributed by atoms with Gasteiger partial charge in [0, 0.05) is 18.6 Å². The Bertz CT molecular complexity index is 11.6. The molecule has 0 fully saturated rings. The van der Waals surface area contributed by atoms with E-state index in [4.69, 9.17) is 14.7 Å². The molecule has 0 rings (SSSR count). The molecule has 0 aliphatic carbocycles. The summed E-state index contributed by atoms with van der Waals surface area (Å²) in [7, 11) is -3.37. The summed E-state index contributed by atoms with van der Waals surface area (Å²) in [6, 6.07) is 0. The summed E-state index contributed by atoms with van der Waals surface area (Å²) in [6.07, 6.45) is 0. The molecule has 0 aliphatic rings. The summed E-state index contributed by atoms with van der Waals surface area (Å²) in [5, 5.41) is 0. The van der Waals surface area contributed by atoms with Crippen molar-refractivity contribution < 1.29 is 33.2 Å². The third kappa shape index (κ3) is 51.3. The van der Waals surface area contributed by atoms with E-state index >= 15 is 0 Å². The van der Waals surface area contributed by atoms with Crippen molar-refractivity contribution in [2.75, 3.05) is 0 Å². The van der Waals surface area contributed by atoms with E-state index in [-0.39, 0.29) is 18.6 Å². The second-order valence-corrected chi connectivity index (χ2v) is 0.671. The average Bonchev–Trinajstić information content (AvgIpc) is 0.811. The van der Waals surface area contributed by atoms with E-state index in [0.29, 0.717) is 0 Å². The Hall–Kier alpha value is 0.894. The molecule has 0 heterocycles. The predicted octanol–water partition coefficient (Wildman–Crippen LogP) is -2.71. The van der Waals surface area contributed by atoms with Gasteiger partial charge in [-0.2, -0.15) is 0 Å². The fourth-order valence-electron chi connectivity index (χ4n) is 0. The fourth-order valence-corrected chi connectivity index (χ4v) is 0. The van der Waals surface area contributed by atoms with E-state index in [9.17, 15) is 0 Å². The molecule has 0 saturated heterocycles. The van der Waals surface area contributed by atoms with Gasteiger partial charge in [0.2, 0.25) is 0 Å². The summed E-state index contributed by atoms with van der Waals surface area (Å²) in [5.74, 6) is 0. The Morgan fingerprint density at radius 1 is 1.00 bits per heavy atom. The van der Waals surface area contributed by atoms with Gasteiger partial charge in [-0.25, -0.2) is 0 Å². The van der Waals surface area contributed by atoms with E-state index in [1.165, 1.54) is 0 Å². The van der Waals surface area contributed by atoms with Crippen LogP contribution in [0, 0.1) is 0 Å². The molecule has 0 aromatic heterocycles. The maximum atomic E-state index is 8.48. The molecular weight excluding hydrogens is 130 g/mol. The van der Waals surface area contributed by atoms with Crippen LogP contribution in [0.1, 0.15) is 0 Å². The van der Waals surface area contributed by atoms with E-state index in [1.54, 1.807) is 0 Å². The first-order valence-electron chi connectivity index (χ1n) is 0.548. The molecule has 0 N–H and O–H groups in total. The Labute approximate surface area is 42.5 Å². The van der Waals surface area contributed by atoms with E-state index < -0.39 is 8.60 Å². The monoisotopic (exact) mass is 130 g/mol. The van der Waals surface area contributed by atoms with Crippen molar-refractivity contribution in [2.24, 2.45) is 0 Å². The summed E-state index contributed by atoms with van der Waals surface area (Å²) >= 11 is 0. The smallest absolute Gasteiger partial charge is 0 e. The molecule has 0 aromatic carbocycles. The second-order valence-electron chi connectivity index (χ2n) is 0.224. The first-order valence-corrected chi connectivity index (χ1v) is 1.64. The third-order valence-electron chi connectivity index (χ3n) is 0. The molecule has 5 heteroatoms. The van der Waals surface area contributed by atoms with Gasteiger partial charge in [-0.1, -0.05) is 0 Å². The molecule has 5 heavy (non-hydrogen) atoms. The van der Waals surface area contributed by atoms with Crippen LogP contribution in [0.5, 0.6) is 0 Å². The Balaban J connectivity index is 0. The topological polar surface area (TPSA) is 69.2 Å². The maximum absolute atomic E-state index is 8.48. The van der Waals surface area contributed by atoms with Crippen LogP contribution in [0.4, 0.5) is 0 Å². The minimum atomic E-state index is -3.37. The first kappa shape index (κ1) is 9.31. The summed E-state index contributed by atoms with van der Waals surface area (Å²) in [4.78, 5) is 25.4. The van der Waals surface area contributed by atoms with Crippen LogP contribution in [-0.2, 0) is 18.6 Å². The number of hydrogen-bond acceptors (Lipinski definition) is 3. The minimum absolute atomic E-state index is 0. The first-order chi connectivity index (χ1) is 1.73. The molecule has 0 aromatic rings. The molecule has 3 nitrogen and oxygen atoms in total. The van der Waals surface area contributed by atoms with Crippen LogP contribution < -0.4 is 14.7 Å². The molecule has 0 atom stereocenters. The van der Waals surface area contributed by atoms with Gasteiger partial charge in [-0.15, -0.1) is 0 Å². The second kappa shape index (κ2) is 4.89. The minimum Gasteiger partial charge on any atom is -0.854 e. The van der Waals surface area contributed by atoms with Gasteiger partial charge in [0.1, 0.15) is 0 Å². The van der Waals surface area contributed by atoms with Crippen LogP contribution in [0.3, 0.4) is 0 Å². The molecule has 0 bridgehead atoms. The Morgan fingerprint density at radius 3 is 1.00 bits per heavy atom. The average molecular weight is 130 g/mol. The quantitative estimate of drug-likeness (QED) is 0.335. The standard InChI is InChI=1S/O3P.V/c1-4(2)3;/q-3;. The SMILES string of the molecule is [O-]P([O-])[O-].[V]. The number of rotatable bonds is 0. The van der Waals surface area contributed by atoms with Crippen molar-refractivity contribution >= 4 is 8.60 Å². The molecule has 31 valence electrons. The van der Waals surface area contributed by atoms with Crippen LogP contribution in [0.2, 0.25) is 0 Å². The molecule has 0 spiro atoms. The van der Waals surface area contributed by atoms with Gasteiger partial charge in [0.15, 0.2) is 0 Å². The van der Waals surface area contributed by atoms with Crippen LogP contribution in [-0.4, -0.2) is 0 Å². The predicted molar refractivity (Wildman–Crippen MR) is 6.92 cm³/mol. The van der Waals surface area contributed by atoms with Gasteiger partial charge in [-0.3, -0.25) is 0 Å². The van der Waals surface area contributed by atoms with E-state index in [0.717, 1.165) is 0 Å². The molecule has 1 radical (unpaired) electrons. The van der Waals surface area contributed by atoms with Crippen molar-refractivity contribution in [1.82, 2.24) is 0 Å². The summed E-state index contributed by atoms with van der Waals surface area (Å²) in [6.45, 7) is 0. The van der Waals surface area contributed by atoms with Crippen molar-refractivity contribution in [2.45, 2.75) is 0 Å². The van der Waals surface area contributed by atoms with Crippen molar-refractivity contribution in [3.05, 3.63) is 0 Å². The summed E-state index contributed by atoms with van der Waals surface area (Å²) < 4.78 is 0. The maximum Gasteiger partial charge on any atom is 0 e. The van der Waals surface area contributed by atoms with Crippen LogP contribution >= 0.6 is 8.60 Å². The molecule has 0 saturated carbocycles. The fraction of sp³-hybridized carbons (Fsp3) is 0.